The zero-order chi connectivity index (χ0) is 12.3. The Balaban J connectivity index is 2.02. The Labute approximate surface area is 98.3 Å². The SMILES string of the molecule is ON=C1CCN(Cc2c(F)cccc2F)CC1. The largest absolute Gasteiger partial charge is 0.411 e. The highest BCUT2D eigenvalue weighted by Gasteiger charge is 2.18. The summed E-state index contributed by atoms with van der Waals surface area (Å²) in [5.41, 5.74) is 0.854. The molecule has 0 atom stereocenters. The molecule has 0 aliphatic carbocycles. The summed E-state index contributed by atoms with van der Waals surface area (Å²) in [6.45, 7) is 1.58. The molecule has 92 valence electrons. The van der Waals surface area contributed by atoms with E-state index in [9.17, 15) is 8.78 Å². The third-order valence-electron chi connectivity index (χ3n) is 3.02. The lowest BCUT2D eigenvalue weighted by Gasteiger charge is -2.27. The molecule has 1 aliphatic rings. The Morgan fingerprint density at radius 1 is 1.18 bits per heavy atom. The molecular formula is C12H14F2N2O. The first-order chi connectivity index (χ1) is 8.20. The lowest BCUT2D eigenvalue weighted by Crippen LogP contribution is -2.33. The molecule has 0 amide bonds. The van der Waals surface area contributed by atoms with Crippen LogP contribution in [0.5, 0.6) is 0 Å². The molecule has 1 aromatic carbocycles. The second-order valence-electron chi connectivity index (χ2n) is 4.14. The normalized spacial score (nSPS) is 17.2. The van der Waals surface area contributed by atoms with Crippen molar-refractivity contribution < 1.29 is 14.0 Å². The highest BCUT2D eigenvalue weighted by molar-refractivity contribution is 5.84. The van der Waals surface area contributed by atoms with Crippen molar-refractivity contribution in [1.29, 1.82) is 0 Å². The topological polar surface area (TPSA) is 35.8 Å². The van der Waals surface area contributed by atoms with Gasteiger partial charge in [0.05, 0.1) is 5.71 Å². The smallest absolute Gasteiger partial charge is 0.130 e. The molecule has 0 bridgehead atoms. The monoisotopic (exact) mass is 240 g/mol. The Kier molecular flexibility index (Phi) is 3.68. The first kappa shape index (κ1) is 12.0. The summed E-state index contributed by atoms with van der Waals surface area (Å²) in [4.78, 5) is 1.95. The average Bonchev–Trinajstić information content (AvgIpc) is 2.35. The minimum Gasteiger partial charge on any atom is -0.411 e. The minimum absolute atomic E-state index is 0.108. The lowest BCUT2D eigenvalue weighted by molar-refractivity contribution is 0.249. The van der Waals surface area contributed by atoms with Gasteiger partial charge in [-0.05, 0) is 12.1 Å². The maximum Gasteiger partial charge on any atom is 0.130 e. The molecule has 0 aromatic heterocycles. The van der Waals surface area contributed by atoms with Crippen LogP contribution in [0.15, 0.2) is 23.4 Å². The van der Waals surface area contributed by atoms with Crippen molar-refractivity contribution in [3.63, 3.8) is 0 Å². The second-order valence-corrected chi connectivity index (χ2v) is 4.14. The zero-order valence-electron chi connectivity index (χ0n) is 9.37. The number of rotatable bonds is 2. The molecule has 0 spiro atoms. The van der Waals surface area contributed by atoms with Gasteiger partial charge in [-0.25, -0.2) is 8.78 Å². The summed E-state index contributed by atoms with van der Waals surface area (Å²) < 4.78 is 26.8. The van der Waals surface area contributed by atoms with Gasteiger partial charge in [-0.15, -0.1) is 0 Å². The summed E-state index contributed by atoms with van der Waals surface area (Å²) in [5, 5.41) is 11.8. The zero-order valence-corrected chi connectivity index (χ0v) is 9.37. The van der Waals surface area contributed by atoms with Crippen LogP contribution in [0.25, 0.3) is 0 Å². The molecule has 1 N–H and O–H groups in total. The maximum absolute atomic E-state index is 13.4. The van der Waals surface area contributed by atoms with E-state index in [-0.39, 0.29) is 12.1 Å². The van der Waals surface area contributed by atoms with Crippen LogP contribution in [-0.2, 0) is 6.54 Å². The first-order valence-electron chi connectivity index (χ1n) is 5.55. The number of likely N-dealkylation sites (tertiary alicyclic amines) is 1. The molecule has 1 saturated heterocycles. The Bertz CT molecular complexity index is 404. The quantitative estimate of drug-likeness (QED) is 0.636. The molecule has 1 heterocycles. The summed E-state index contributed by atoms with van der Waals surface area (Å²) >= 11 is 0. The third kappa shape index (κ3) is 2.79. The molecular weight excluding hydrogens is 226 g/mol. The number of nitrogens with zero attached hydrogens (tertiary/aromatic N) is 2. The fraction of sp³-hybridized carbons (Fsp3) is 0.417. The third-order valence-corrected chi connectivity index (χ3v) is 3.02. The number of hydrogen-bond acceptors (Lipinski definition) is 3. The van der Waals surface area contributed by atoms with E-state index in [1.165, 1.54) is 18.2 Å². The number of oxime groups is 1. The molecule has 0 radical (unpaired) electrons. The van der Waals surface area contributed by atoms with E-state index < -0.39 is 11.6 Å². The Hall–Kier alpha value is -1.49. The number of benzene rings is 1. The van der Waals surface area contributed by atoms with Gasteiger partial charge in [-0.3, -0.25) is 4.90 Å². The number of hydrogen-bond donors (Lipinski definition) is 1. The van der Waals surface area contributed by atoms with Crippen LogP contribution in [0.1, 0.15) is 18.4 Å². The molecule has 3 nitrogen and oxygen atoms in total. The van der Waals surface area contributed by atoms with Crippen molar-refractivity contribution in [3.8, 4) is 0 Å². The van der Waals surface area contributed by atoms with Crippen LogP contribution in [0.2, 0.25) is 0 Å². The van der Waals surface area contributed by atoms with Gasteiger partial charge in [0.15, 0.2) is 0 Å². The van der Waals surface area contributed by atoms with Crippen molar-refractivity contribution in [2.24, 2.45) is 5.16 Å². The van der Waals surface area contributed by atoms with Crippen molar-refractivity contribution in [1.82, 2.24) is 4.90 Å². The van der Waals surface area contributed by atoms with Crippen molar-refractivity contribution in [3.05, 3.63) is 35.4 Å². The van der Waals surface area contributed by atoms with E-state index in [0.29, 0.717) is 25.9 Å². The first-order valence-corrected chi connectivity index (χ1v) is 5.55. The molecule has 1 aliphatic heterocycles. The van der Waals surface area contributed by atoms with Crippen LogP contribution in [0.3, 0.4) is 0 Å². The molecule has 2 rings (SSSR count). The molecule has 0 saturated carbocycles. The molecule has 0 unspecified atom stereocenters. The highest BCUT2D eigenvalue weighted by atomic mass is 19.1. The number of piperidine rings is 1. The minimum atomic E-state index is -0.508. The van der Waals surface area contributed by atoms with Crippen molar-refractivity contribution >= 4 is 5.71 Å². The van der Waals surface area contributed by atoms with E-state index in [4.69, 9.17) is 5.21 Å². The summed E-state index contributed by atoms with van der Waals surface area (Å²) in [6.07, 6.45) is 1.29. The van der Waals surface area contributed by atoms with Gasteiger partial charge in [-0.1, -0.05) is 11.2 Å². The average molecular weight is 240 g/mol. The van der Waals surface area contributed by atoms with Crippen LogP contribution in [-0.4, -0.2) is 28.9 Å². The second kappa shape index (κ2) is 5.23. The van der Waals surface area contributed by atoms with Gasteiger partial charge in [-0.2, -0.15) is 0 Å². The van der Waals surface area contributed by atoms with E-state index in [2.05, 4.69) is 5.16 Å². The number of halogens is 2. The van der Waals surface area contributed by atoms with E-state index in [1.807, 2.05) is 4.90 Å². The molecule has 1 fully saturated rings. The van der Waals surface area contributed by atoms with E-state index in [1.54, 1.807) is 0 Å². The Morgan fingerprint density at radius 3 is 2.29 bits per heavy atom. The predicted octanol–water partition coefficient (Wildman–Crippen LogP) is 2.39. The van der Waals surface area contributed by atoms with Gasteiger partial charge in [0.2, 0.25) is 0 Å². The van der Waals surface area contributed by atoms with E-state index >= 15 is 0 Å². The maximum atomic E-state index is 13.4. The summed E-state index contributed by atoms with van der Waals surface area (Å²) in [5.74, 6) is -1.02. The lowest BCUT2D eigenvalue weighted by atomic mass is 10.1. The predicted molar refractivity (Wildman–Crippen MR) is 60.1 cm³/mol. The van der Waals surface area contributed by atoms with Gasteiger partial charge in [0.25, 0.3) is 0 Å². The van der Waals surface area contributed by atoms with Crippen molar-refractivity contribution in [2.75, 3.05) is 13.1 Å². The van der Waals surface area contributed by atoms with Gasteiger partial charge in [0.1, 0.15) is 11.6 Å². The van der Waals surface area contributed by atoms with Gasteiger partial charge in [0, 0.05) is 38.0 Å². The standard InChI is InChI=1S/C12H14F2N2O/c13-11-2-1-3-12(14)10(11)8-16-6-4-9(15-17)5-7-16/h1-3,17H,4-8H2. The molecule has 1 aromatic rings. The fourth-order valence-corrected chi connectivity index (χ4v) is 1.98. The van der Waals surface area contributed by atoms with Gasteiger partial charge >= 0.3 is 0 Å². The Morgan fingerprint density at radius 2 is 1.76 bits per heavy atom. The van der Waals surface area contributed by atoms with Crippen molar-refractivity contribution in [2.45, 2.75) is 19.4 Å². The van der Waals surface area contributed by atoms with Crippen LogP contribution >= 0.6 is 0 Å². The van der Waals surface area contributed by atoms with Gasteiger partial charge < -0.3 is 5.21 Å². The van der Waals surface area contributed by atoms with E-state index in [0.717, 1.165) is 5.71 Å². The van der Waals surface area contributed by atoms with Crippen LogP contribution in [0, 0.1) is 11.6 Å². The van der Waals surface area contributed by atoms with Crippen LogP contribution in [0.4, 0.5) is 8.78 Å². The fourth-order valence-electron chi connectivity index (χ4n) is 1.98. The molecule has 5 heteroatoms. The summed E-state index contributed by atoms with van der Waals surface area (Å²) in [6, 6.07) is 3.90. The highest BCUT2D eigenvalue weighted by Crippen LogP contribution is 2.17. The molecule has 17 heavy (non-hydrogen) atoms. The van der Waals surface area contributed by atoms with Crippen LogP contribution < -0.4 is 0 Å². The summed E-state index contributed by atoms with van der Waals surface area (Å²) in [7, 11) is 0.